The lowest BCUT2D eigenvalue weighted by Gasteiger charge is -2.27. The first-order valence-corrected chi connectivity index (χ1v) is 8.24. The van der Waals surface area contributed by atoms with E-state index in [1.54, 1.807) is 0 Å². The van der Waals surface area contributed by atoms with Gasteiger partial charge in [0.05, 0.1) is 0 Å². The van der Waals surface area contributed by atoms with Gasteiger partial charge in [0.25, 0.3) is 0 Å². The Balaban J connectivity index is 1.52. The normalized spacial score (nSPS) is 19.7. The SMILES string of the molecule is Cc1ccc(OCC(O)CN2CCCC2c2ccncc2)cc1. The monoisotopic (exact) mass is 312 g/mol. The van der Waals surface area contributed by atoms with Crippen LogP contribution in [0.4, 0.5) is 0 Å². The summed E-state index contributed by atoms with van der Waals surface area (Å²) in [4.78, 5) is 6.43. The Morgan fingerprint density at radius 3 is 2.70 bits per heavy atom. The summed E-state index contributed by atoms with van der Waals surface area (Å²) in [5.41, 5.74) is 2.49. The van der Waals surface area contributed by atoms with Crippen LogP contribution in [0.25, 0.3) is 0 Å². The molecule has 0 spiro atoms. The van der Waals surface area contributed by atoms with E-state index in [4.69, 9.17) is 4.74 Å². The van der Waals surface area contributed by atoms with E-state index in [2.05, 4.69) is 22.0 Å². The van der Waals surface area contributed by atoms with Crippen molar-refractivity contribution in [3.05, 3.63) is 59.9 Å². The first-order chi connectivity index (χ1) is 11.2. The Kier molecular flexibility index (Phi) is 5.26. The van der Waals surface area contributed by atoms with E-state index in [9.17, 15) is 5.11 Å². The molecule has 2 atom stereocenters. The molecule has 2 heterocycles. The van der Waals surface area contributed by atoms with E-state index >= 15 is 0 Å². The summed E-state index contributed by atoms with van der Waals surface area (Å²) < 4.78 is 5.69. The second-order valence-electron chi connectivity index (χ2n) is 6.21. The van der Waals surface area contributed by atoms with Gasteiger partial charge in [-0.3, -0.25) is 9.88 Å². The van der Waals surface area contributed by atoms with Gasteiger partial charge in [0.1, 0.15) is 18.5 Å². The lowest BCUT2D eigenvalue weighted by Crippen LogP contribution is -2.35. The fourth-order valence-electron chi connectivity index (χ4n) is 3.16. The number of benzene rings is 1. The fourth-order valence-corrected chi connectivity index (χ4v) is 3.16. The number of aliphatic hydroxyl groups is 1. The molecule has 0 radical (unpaired) electrons. The summed E-state index contributed by atoms with van der Waals surface area (Å²) in [6, 6.07) is 12.4. The third-order valence-electron chi connectivity index (χ3n) is 4.36. The number of hydrogen-bond acceptors (Lipinski definition) is 4. The highest BCUT2D eigenvalue weighted by Crippen LogP contribution is 2.31. The number of β-amino-alcohol motifs (C(OH)–C–C–N with tert-alkyl or cyclic N) is 1. The van der Waals surface area contributed by atoms with E-state index in [1.165, 1.54) is 17.5 Å². The minimum atomic E-state index is -0.487. The number of hydrogen-bond donors (Lipinski definition) is 1. The lowest BCUT2D eigenvalue weighted by atomic mass is 10.1. The molecule has 1 aliphatic rings. The molecule has 0 saturated carbocycles. The van der Waals surface area contributed by atoms with E-state index < -0.39 is 6.10 Å². The number of aromatic nitrogens is 1. The average Bonchev–Trinajstić information content (AvgIpc) is 3.03. The number of likely N-dealkylation sites (tertiary alicyclic amines) is 1. The molecule has 1 aromatic carbocycles. The van der Waals surface area contributed by atoms with Crippen LogP contribution in [0, 0.1) is 6.92 Å². The first kappa shape index (κ1) is 16.0. The lowest BCUT2D eigenvalue weighted by molar-refractivity contribution is 0.0638. The number of pyridine rings is 1. The van der Waals surface area contributed by atoms with Crippen molar-refractivity contribution < 1.29 is 9.84 Å². The maximum Gasteiger partial charge on any atom is 0.119 e. The summed E-state index contributed by atoms with van der Waals surface area (Å²) in [6.07, 6.45) is 5.48. The predicted molar refractivity (Wildman–Crippen MR) is 90.5 cm³/mol. The van der Waals surface area contributed by atoms with Crippen molar-refractivity contribution >= 4 is 0 Å². The van der Waals surface area contributed by atoms with Crippen molar-refractivity contribution in [2.45, 2.75) is 31.9 Å². The fraction of sp³-hybridized carbons (Fsp3) is 0.421. The van der Waals surface area contributed by atoms with Crippen molar-refractivity contribution in [3.8, 4) is 5.75 Å². The molecule has 0 bridgehead atoms. The third kappa shape index (κ3) is 4.30. The number of ether oxygens (including phenoxy) is 1. The molecule has 4 nitrogen and oxygen atoms in total. The van der Waals surface area contributed by atoms with Crippen molar-refractivity contribution in [2.24, 2.45) is 0 Å². The highest BCUT2D eigenvalue weighted by Gasteiger charge is 2.27. The Bertz CT molecular complexity index is 601. The van der Waals surface area contributed by atoms with Crippen LogP contribution in [0.3, 0.4) is 0 Å². The summed E-state index contributed by atoms with van der Waals surface area (Å²) in [5.74, 6) is 0.807. The summed E-state index contributed by atoms with van der Waals surface area (Å²) in [5, 5.41) is 10.3. The third-order valence-corrected chi connectivity index (χ3v) is 4.36. The Morgan fingerprint density at radius 2 is 1.96 bits per heavy atom. The minimum absolute atomic E-state index is 0.322. The molecule has 1 saturated heterocycles. The van der Waals surface area contributed by atoms with Crippen LogP contribution in [0.2, 0.25) is 0 Å². The molecule has 2 unspecified atom stereocenters. The molecular formula is C19H24N2O2. The molecular weight excluding hydrogens is 288 g/mol. The quantitative estimate of drug-likeness (QED) is 0.891. The van der Waals surface area contributed by atoms with E-state index in [0.717, 1.165) is 18.7 Å². The van der Waals surface area contributed by atoms with Gasteiger partial charge in [0, 0.05) is 25.0 Å². The highest BCUT2D eigenvalue weighted by molar-refractivity contribution is 5.26. The van der Waals surface area contributed by atoms with Gasteiger partial charge in [-0.05, 0) is 56.1 Å². The zero-order valence-corrected chi connectivity index (χ0v) is 13.6. The second-order valence-corrected chi connectivity index (χ2v) is 6.21. The minimum Gasteiger partial charge on any atom is -0.491 e. The van der Waals surface area contributed by atoms with Gasteiger partial charge in [-0.1, -0.05) is 17.7 Å². The van der Waals surface area contributed by atoms with Crippen LogP contribution in [-0.2, 0) is 0 Å². The van der Waals surface area contributed by atoms with Crippen molar-refractivity contribution in [2.75, 3.05) is 19.7 Å². The molecule has 1 aliphatic heterocycles. The predicted octanol–water partition coefficient (Wildman–Crippen LogP) is 2.97. The van der Waals surface area contributed by atoms with Crippen LogP contribution in [-0.4, -0.2) is 40.8 Å². The van der Waals surface area contributed by atoms with Gasteiger partial charge >= 0.3 is 0 Å². The number of nitrogens with zero attached hydrogens (tertiary/aromatic N) is 2. The van der Waals surface area contributed by atoms with Crippen molar-refractivity contribution in [3.63, 3.8) is 0 Å². The molecule has 2 aromatic rings. The van der Waals surface area contributed by atoms with Gasteiger partial charge in [-0.25, -0.2) is 0 Å². The van der Waals surface area contributed by atoms with Crippen LogP contribution in [0.15, 0.2) is 48.8 Å². The van der Waals surface area contributed by atoms with Crippen molar-refractivity contribution in [1.82, 2.24) is 9.88 Å². The van der Waals surface area contributed by atoms with Gasteiger partial charge in [-0.2, -0.15) is 0 Å². The summed E-state index contributed by atoms with van der Waals surface area (Å²) in [7, 11) is 0. The van der Waals surface area contributed by atoms with Crippen LogP contribution in [0.1, 0.15) is 30.0 Å². The topological polar surface area (TPSA) is 45.6 Å². The molecule has 0 amide bonds. The first-order valence-electron chi connectivity index (χ1n) is 8.24. The summed E-state index contributed by atoms with van der Waals surface area (Å²) >= 11 is 0. The molecule has 3 rings (SSSR count). The Labute approximate surface area is 137 Å². The highest BCUT2D eigenvalue weighted by atomic mass is 16.5. The van der Waals surface area contributed by atoms with E-state index in [-0.39, 0.29) is 0 Å². The number of rotatable bonds is 6. The maximum atomic E-state index is 10.3. The number of aliphatic hydroxyl groups excluding tert-OH is 1. The zero-order valence-electron chi connectivity index (χ0n) is 13.6. The molecule has 0 aliphatic carbocycles. The van der Waals surface area contributed by atoms with E-state index in [1.807, 2.05) is 43.6 Å². The molecule has 122 valence electrons. The van der Waals surface area contributed by atoms with Gasteiger partial charge in [-0.15, -0.1) is 0 Å². The standard InChI is InChI=1S/C19H24N2O2/c1-15-4-6-18(7-5-15)23-14-17(22)13-21-12-2-3-19(21)16-8-10-20-11-9-16/h4-11,17,19,22H,2-3,12-14H2,1H3. The molecule has 23 heavy (non-hydrogen) atoms. The molecule has 1 aromatic heterocycles. The molecule has 4 heteroatoms. The van der Waals surface area contributed by atoms with Crippen molar-refractivity contribution in [1.29, 1.82) is 0 Å². The van der Waals surface area contributed by atoms with E-state index in [0.29, 0.717) is 19.2 Å². The smallest absolute Gasteiger partial charge is 0.119 e. The van der Waals surface area contributed by atoms with Gasteiger partial charge in [0.15, 0.2) is 0 Å². The largest absolute Gasteiger partial charge is 0.491 e. The Morgan fingerprint density at radius 1 is 1.22 bits per heavy atom. The average molecular weight is 312 g/mol. The number of aryl methyl sites for hydroxylation is 1. The second kappa shape index (κ2) is 7.57. The van der Waals surface area contributed by atoms with Crippen LogP contribution >= 0.6 is 0 Å². The van der Waals surface area contributed by atoms with Crippen LogP contribution in [0.5, 0.6) is 5.75 Å². The van der Waals surface area contributed by atoms with Gasteiger partial charge in [0.2, 0.25) is 0 Å². The zero-order chi connectivity index (χ0) is 16.1. The molecule has 1 N–H and O–H groups in total. The van der Waals surface area contributed by atoms with Crippen LogP contribution < -0.4 is 4.74 Å². The Hall–Kier alpha value is -1.91. The van der Waals surface area contributed by atoms with Gasteiger partial charge < -0.3 is 9.84 Å². The molecule has 1 fully saturated rings. The summed E-state index contributed by atoms with van der Waals surface area (Å²) in [6.45, 7) is 4.03. The maximum absolute atomic E-state index is 10.3.